The molecule has 0 heterocycles. The van der Waals surface area contributed by atoms with Crippen molar-refractivity contribution in [3.8, 4) is 0 Å². The number of carbonyl (C=O) groups is 1. The smallest absolute Gasteiger partial charge is 0.310 e. The maximum Gasteiger partial charge on any atom is 0.310 e. The van der Waals surface area contributed by atoms with E-state index in [1.807, 2.05) is 0 Å². The van der Waals surface area contributed by atoms with Crippen molar-refractivity contribution in [1.82, 2.24) is 0 Å². The molecule has 4 heteroatoms. The number of hydrogen-bond acceptors (Lipinski definition) is 3. The summed E-state index contributed by atoms with van der Waals surface area (Å²) in [5.41, 5.74) is 0. The second-order valence-electron chi connectivity index (χ2n) is 2.70. The fraction of sp³-hybridized carbons (Fsp3) is 0.571. The van der Waals surface area contributed by atoms with Crippen molar-refractivity contribution in [1.29, 1.82) is 0 Å². The second-order valence-corrected chi connectivity index (χ2v) is 2.70. The number of hydrogen-bond donors (Lipinski definition) is 3. The monoisotopic (exact) mass is 158 g/mol. The summed E-state index contributed by atoms with van der Waals surface area (Å²) in [6.45, 7) is 0. The third-order valence-corrected chi connectivity index (χ3v) is 1.68. The Labute approximate surface area is 63.8 Å². The van der Waals surface area contributed by atoms with Crippen molar-refractivity contribution in [2.75, 3.05) is 0 Å². The van der Waals surface area contributed by atoms with E-state index >= 15 is 0 Å². The lowest BCUT2D eigenvalue weighted by Crippen LogP contribution is -2.24. The highest BCUT2D eigenvalue weighted by atomic mass is 16.4. The average molecular weight is 158 g/mol. The van der Waals surface area contributed by atoms with Crippen LogP contribution in [-0.4, -0.2) is 27.4 Å². The highest BCUT2D eigenvalue weighted by Crippen LogP contribution is 2.21. The summed E-state index contributed by atoms with van der Waals surface area (Å²) in [6, 6.07) is 0. The topological polar surface area (TPSA) is 77.8 Å². The molecule has 3 N–H and O–H groups in total. The van der Waals surface area contributed by atoms with Crippen molar-refractivity contribution < 1.29 is 20.1 Å². The molecule has 1 aliphatic carbocycles. The van der Waals surface area contributed by atoms with Gasteiger partial charge in [-0.05, 0) is 12.5 Å². The standard InChI is InChI=1S/C7H10O4/c8-5-1-4(7(10)11)2-6(9)3-5/h1,4,6,8-9H,2-3H2,(H,10,11). The Morgan fingerprint density at radius 2 is 2.27 bits per heavy atom. The summed E-state index contributed by atoms with van der Waals surface area (Å²) < 4.78 is 0. The first-order valence-corrected chi connectivity index (χ1v) is 3.40. The van der Waals surface area contributed by atoms with E-state index in [4.69, 9.17) is 15.3 Å². The molecule has 0 spiro atoms. The summed E-state index contributed by atoms with van der Waals surface area (Å²) in [4.78, 5) is 10.4. The van der Waals surface area contributed by atoms with Gasteiger partial charge in [0.2, 0.25) is 0 Å². The van der Waals surface area contributed by atoms with E-state index in [-0.39, 0.29) is 18.6 Å². The van der Waals surface area contributed by atoms with Crippen molar-refractivity contribution in [3.05, 3.63) is 11.8 Å². The lowest BCUT2D eigenvalue weighted by molar-refractivity contribution is -0.141. The number of aliphatic carboxylic acids is 1. The second kappa shape index (κ2) is 2.92. The first kappa shape index (κ1) is 8.07. The molecule has 0 fully saturated rings. The lowest BCUT2D eigenvalue weighted by atomic mass is 9.93. The zero-order valence-electron chi connectivity index (χ0n) is 5.90. The van der Waals surface area contributed by atoms with E-state index in [0.717, 1.165) is 0 Å². The zero-order valence-corrected chi connectivity index (χ0v) is 5.90. The summed E-state index contributed by atoms with van der Waals surface area (Å²) in [5, 5.41) is 26.5. The number of aliphatic hydroxyl groups excluding tert-OH is 2. The van der Waals surface area contributed by atoms with Crippen LogP contribution in [0.3, 0.4) is 0 Å². The van der Waals surface area contributed by atoms with Crippen molar-refractivity contribution in [2.45, 2.75) is 18.9 Å². The van der Waals surface area contributed by atoms with Crippen LogP contribution >= 0.6 is 0 Å². The normalized spacial score (nSPS) is 31.2. The maximum absolute atomic E-state index is 10.4. The van der Waals surface area contributed by atoms with Crippen LogP contribution in [-0.2, 0) is 4.79 Å². The SMILES string of the molecule is O=C(O)C1C=C(O)CC(O)C1. The van der Waals surface area contributed by atoms with E-state index < -0.39 is 18.0 Å². The van der Waals surface area contributed by atoms with Gasteiger partial charge in [0.15, 0.2) is 0 Å². The van der Waals surface area contributed by atoms with Gasteiger partial charge in [-0.25, -0.2) is 0 Å². The van der Waals surface area contributed by atoms with E-state index in [1.54, 1.807) is 0 Å². The zero-order chi connectivity index (χ0) is 8.43. The van der Waals surface area contributed by atoms with E-state index in [1.165, 1.54) is 6.08 Å². The minimum Gasteiger partial charge on any atom is -0.513 e. The molecule has 0 saturated carbocycles. The van der Waals surface area contributed by atoms with Crippen LogP contribution in [0.4, 0.5) is 0 Å². The predicted molar refractivity (Wildman–Crippen MR) is 37.1 cm³/mol. The molecule has 1 rings (SSSR count). The van der Waals surface area contributed by atoms with Crippen LogP contribution in [0.15, 0.2) is 11.8 Å². The molecule has 0 aromatic carbocycles. The molecule has 0 radical (unpaired) electrons. The van der Waals surface area contributed by atoms with Gasteiger partial charge >= 0.3 is 5.97 Å². The Bertz CT molecular complexity index is 197. The molecule has 0 bridgehead atoms. The fourth-order valence-corrected chi connectivity index (χ4v) is 1.16. The molecular weight excluding hydrogens is 148 g/mol. The molecule has 0 aromatic heterocycles. The van der Waals surface area contributed by atoms with Crippen molar-refractivity contribution in [2.24, 2.45) is 5.92 Å². The minimum absolute atomic E-state index is 0.0313. The Hall–Kier alpha value is -1.03. The molecule has 0 aliphatic heterocycles. The first-order valence-electron chi connectivity index (χ1n) is 3.40. The third-order valence-electron chi connectivity index (χ3n) is 1.68. The summed E-state index contributed by atoms with van der Waals surface area (Å²) in [6.07, 6.45) is 0.916. The highest BCUT2D eigenvalue weighted by Gasteiger charge is 2.25. The molecule has 0 amide bonds. The molecule has 1 aliphatic rings. The van der Waals surface area contributed by atoms with E-state index in [2.05, 4.69) is 0 Å². The third kappa shape index (κ3) is 1.94. The molecular formula is C7H10O4. The van der Waals surface area contributed by atoms with Crippen LogP contribution < -0.4 is 0 Å². The Balaban J connectivity index is 2.69. The lowest BCUT2D eigenvalue weighted by Gasteiger charge is -2.19. The molecule has 62 valence electrons. The number of aliphatic hydroxyl groups is 2. The quantitative estimate of drug-likeness (QED) is 0.512. The van der Waals surface area contributed by atoms with Crippen LogP contribution in [0.25, 0.3) is 0 Å². The van der Waals surface area contributed by atoms with Gasteiger partial charge in [0.1, 0.15) is 0 Å². The highest BCUT2D eigenvalue weighted by molar-refractivity contribution is 5.72. The molecule has 2 unspecified atom stereocenters. The molecule has 0 aromatic rings. The summed E-state index contributed by atoms with van der Waals surface area (Å²) in [7, 11) is 0. The van der Waals surface area contributed by atoms with Gasteiger partial charge in [-0.1, -0.05) is 0 Å². The molecule has 0 saturated heterocycles. The maximum atomic E-state index is 10.4. The van der Waals surface area contributed by atoms with Gasteiger partial charge in [0.25, 0.3) is 0 Å². The van der Waals surface area contributed by atoms with Gasteiger partial charge in [0.05, 0.1) is 17.8 Å². The number of carboxylic acids is 1. The summed E-state index contributed by atoms with van der Waals surface area (Å²) in [5.74, 6) is -1.77. The van der Waals surface area contributed by atoms with Crippen LogP contribution in [0, 0.1) is 5.92 Å². The van der Waals surface area contributed by atoms with E-state index in [0.29, 0.717) is 0 Å². The minimum atomic E-state index is -1.00. The van der Waals surface area contributed by atoms with Gasteiger partial charge < -0.3 is 15.3 Å². The Kier molecular flexibility index (Phi) is 2.14. The van der Waals surface area contributed by atoms with Gasteiger partial charge in [-0.3, -0.25) is 4.79 Å². The van der Waals surface area contributed by atoms with Gasteiger partial charge in [0, 0.05) is 6.42 Å². The van der Waals surface area contributed by atoms with Gasteiger partial charge in [-0.2, -0.15) is 0 Å². The van der Waals surface area contributed by atoms with Crippen molar-refractivity contribution >= 4 is 5.97 Å². The van der Waals surface area contributed by atoms with Gasteiger partial charge in [-0.15, -0.1) is 0 Å². The van der Waals surface area contributed by atoms with Crippen LogP contribution in [0.5, 0.6) is 0 Å². The largest absolute Gasteiger partial charge is 0.513 e. The average Bonchev–Trinajstić information content (AvgIpc) is 1.85. The number of carboxylic acid groups (broad SMARTS) is 1. The Morgan fingerprint density at radius 1 is 1.64 bits per heavy atom. The molecule has 4 nitrogen and oxygen atoms in total. The Morgan fingerprint density at radius 3 is 2.73 bits per heavy atom. The van der Waals surface area contributed by atoms with Crippen LogP contribution in [0.1, 0.15) is 12.8 Å². The van der Waals surface area contributed by atoms with E-state index in [9.17, 15) is 4.79 Å². The predicted octanol–water partition coefficient (Wildman–Crippen LogP) is 0.284. The van der Waals surface area contributed by atoms with Crippen LogP contribution in [0.2, 0.25) is 0 Å². The molecule has 11 heavy (non-hydrogen) atoms. The fourth-order valence-electron chi connectivity index (χ4n) is 1.16. The first-order chi connectivity index (χ1) is 5.09. The summed E-state index contributed by atoms with van der Waals surface area (Å²) >= 11 is 0. The van der Waals surface area contributed by atoms with Crippen molar-refractivity contribution in [3.63, 3.8) is 0 Å². The number of rotatable bonds is 1. The molecule has 2 atom stereocenters.